The maximum absolute atomic E-state index is 13.6. The highest BCUT2D eigenvalue weighted by Gasteiger charge is 2.27. The van der Waals surface area contributed by atoms with Crippen LogP contribution in [0.15, 0.2) is 59.8 Å². The van der Waals surface area contributed by atoms with Crippen LogP contribution in [0.4, 0.5) is 0 Å². The van der Waals surface area contributed by atoms with Crippen molar-refractivity contribution in [2.75, 3.05) is 39.4 Å². The van der Waals surface area contributed by atoms with Crippen LogP contribution in [-0.4, -0.2) is 66.6 Å². The molecule has 182 valence electrons. The molecule has 0 unspecified atom stereocenters. The summed E-state index contributed by atoms with van der Waals surface area (Å²) in [7, 11) is -3.72. The van der Waals surface area contributed by atoms with Crippen LogP contribution in [-0.2, 0) is 27.8 Å². The third-order valence-electron chi connectivity index (χ3n) is 5.90. The number of hydrogen-bond acceptors (Lipinski definition) is 5. The fourth-order valence-electron chi connectivity index (χ4n) is 3.85. The number of aromatic nitrogens is 2. The molecule has 1 saturated heterocycles. The van der Waals surface area contributed by atoms with E-state index in [0.29, 0.717) is 48.7 Å². The van der Waals surface area contributed by atoms with E-state index >= 15 is 0 Å². The van der Waals surface area contributed by atoms with Gasteiger partial charge in [0.15, 0.2) is 0 Å². The molecule has 1 fully saturated rings. The second-order valence-electron chi connectivity index (χ2n) is 8.31. The zero-order chi connectivity index (χ0) is 24.1. The number of halogens is 2. The highest BCUT2D eigenvalue weighted by Crippen LogP contribution is 2.23. The van der Waals surface area contributed by atoms with Crippen molar-refractivity contribution in [2.45, 2.75) is 24.9 Å². The Kier molecular flexibility index (Phi) is 8.29. The van der Waals surface area contributed by atoms with Crippen LogP contribution < -0.4 is 0 Å². The number of ether oxygens (including phenoxy) is 1. The van der Waals surface area contributed by atoms with Crippen LogP contribution in [0.5, 0.6) is 0 Å². The smallest absolute Gasteiger partial charge is 0.243 e. The number of sulfonamides is 1. The van der Waals surface area contributed by atoms with Crippen LogP contribution in [0.2, 0.25) is 10.0 Å². The van der Waals surface area contributed by atoms with Gasteiger partial charge in [-0.25, -0.2) is 13.4 Å². The molecule has 3 aromatic rings. The van der Waals surface area contributed by atoms with E-state index in [0.717, 1.165) is 24.2 Å². The van der Waals surface area contributed by atoms with Gasteiger partial charge in [0.2, 0.25) is 10.0 Å². The fourth-order valence-corrected chi connectivity index (χ4v) is 5.70. The molecule has 2 aromatic carbocycles. The van der Waals surface area contributed by atoms with Gasteiger partial charge in [-0.05, 0) is 36.8 Å². The molecular weight excluding hydrogens is 495 g/mol. The predicted molar refractivity (Wildman–Crippen MR) is 134 cm³/mol. The van der Waals surface area contributed by atoms with Gasteiger partial charge in [0.25, 0.3) is 0 Å². The van der Waals surface area contributed by atoms with Crippen molar-refractivity contribution < 1.29 is 13.2 Å². The Morgan fingerprint density at radius 2 is 1.82 bits per heavy atom. The number of benzene rings is 2. The second kappa shape index (κ2) is 11.2. The Morgan fingerprint density at radius 1 is 1.09 bits per heavy atom. The standard InChI is InChI=1S/C24H28Cl2N4O3S/c1-19-2-6-22(7-3-19)34(31,32)30(11-10-28-12-14-33-15-13-28)18-24-27-8-9-29(24)17-20-4-5-21(25)16-23(20)26/h2-9,16H,10-15,17-18H2,1H3. The summed E-state index contributed by atoms with van der Waals surface area (Å²) in [6.45, 7) is 6.44. The minimum Gasteiger partial charge on any atom is -0.379 e. The maximum atomic E-state index is 13.6. The van der Waals surface area contributed by atoms with Gasteiger partial charge in [-0.1, -0.05) is 47.0 Å². The molecule has 1 aliphatic rings. The van der Waals surface area contributed by atoms with Crippen molar-refractivity contribution in [1.29, 1.82) is 0 Å². The third kappa shape index (κ3) is 6.19. The summed E-state index contributed by atoms with van der Waals surface area (Å²) in [5.41, 5.74) is 1.89. The van der Waals surface area contributed by atoms with Crippen molar-refractivity contribution in [3.63, 3.8) is 0 Å². The first-order valence-corrected chi connectivity index (χ1v) is 13.3. The van der Waals surface area contributed by atoms with Crippen molar-refractivity contribution in [3.05, 3.63) is 81.9 Å². The number of hydrogen-bond donors (Lipinski definition) is 0. The number of aryl methyl sites for hydroxylation is 1. The first-order chi connectivity index (χ1) is 16.3. The van der Waals surface area contributed by atoms with Gasteiger partial charge in [0, 0.05) is 48.6 Å². The minimum absolute atomic E-state index is 0.152. The lowest BCUT2D eigenvalue weighted by atomic mass is 10.2. The summed E-state index contributed by atoms with van der Waals surface area (Å²) >= 11 is 12.4. The van der Waals surface area contributed by atoms with Gasteiger partial charge in [0.1, 0.15) is 5.82 Å². The summed E-state index contributed by atoms with van der Waals surface area (Å²) < 4.78 is 36.1. The SMILES string of the molecule is Cc1ccc(S(=O)(=O)N(CCN2CCOCC2)Cc2nccn2Cc2ccc(Cl)cc2Cl)cc1. The van der Waals surface area contributed by atoms with Crippen LogP contribution in [0.25, 0.3) is 0 Å². The molecule has 0 aliphatic carbocycles. The molecule has 0 amide bonds. The molecule has 0 atom stereocenters. The number of imidazole rings is 1. The summed E-state index contributed by atoms with van der Waals surface area (Å²) in [6, 6.07) is 12.3. The van der Waals surface area contributed by atoms with E-state index < -0.39 is 10.0 Å². The summed E-state index contributed by atoms with van der Waals surface area (Å²) in [5, 5.41) is 1.13. The van der Waals surface area contributed by atoms with E-state index in [9.17, 15) is 8.42 Å². The molecule has 0 N–H and O–H groups in total. The monoisotopic (exact) mass is 522 g/mol. The zero-order valence-corrected chi connectivity index (χ0v) is 21.4. The molecule has 0 spiro atoms. The summed E-state index contributed by atoms with van der Waals surface area (Å²) in [4.78, 5) is 6.97. The van der Waals surface area contributed by atoms with Gasteiger partial charge < -0.3 is 9.30 Å². The number of nitrogens with zero attached hydrogens (tertiary/aromatic N) is 4. The maximum Gasteiger partial charge on any atom is 0.243 e. The molecule has 2 heterocycles. The van der Waals surface area contributed by atoms with E-state index in [1.54, 1.807) is 30.5 Å². The number of morpholine rings is 1. The van der Waals surface area contributed by atoms with Crippen molar-refractivity contribution in [1.82, 2.24) is 18.8 Å². The molecule has 7 nitrogen and oxygen atoms in total. The molecule has 0 radical (unpaired) electrons. The predicted octanol–water partition coefficient (Wildman–Crippen LogP) is 4.07. The van der Waals surface area contributed by atoms with E-state index in [-0.39, 0.29) is 11.4 Å². The summed E-state index contributed by atoms with van der Waals surface area (Å²) in [6.07, 6.45) is 3.51. The average Bonchev–Trinajstić information content (AvgIpc) is 3.26. The molecule has 10 heteroatoms. The Hall–Kier alpha value is -1.94. The van der Waals surface area contributed by atoms with Gasteiger partial charge in [-0.2, -0.15) is 4.31 Å². The lowest BCUT2D eigenvalue weighted by Crippen LogP contribution is -2.43. The van der Waals surface area contributed by atoms with Gasteiger partial charge in [-0.15, -0.1) is 0 Å². The second-order valence-corrected chi connectivity index (χ2v) is 11.1. The third-order valence-corrected chi connectivity index (χ3v) is 8.35. The van der Waals surface area contributed by atoms with Gasteiger partial charge in [0.05, 0.1) is 31.2 Å². The van der Waals surface area contributed by atoms with E-state index in [4.69, 9.17) is 27.9 Å². The molecule has 0 saturated carbocycles. The van der Waals surface area contributed by atoms with Gasteiger partial charge in [-0.3, -0.25) is 4.90 Å². The minimum atomic E-state index is -3.72. The van der Waals surface area contributed by atoms with Crippen LogP contribution >= 0.6 is 23.2 Å². The van der Waals surface area contributed by atoms with Crippen molar-refractivity contribution in [2.24, 2.45) is 0 Å². The Labute approximate surface area is 210 Å². The highest BCUT2D eigenvalue weighted by atomic mass is 35.5. The lowest BCUT2D eigenvalue weighted by molar-refractivity contribution is 0.0360. The highest BCUT2D eigenvalue weighted by molar-refractivity contribution is 7.89. The topological polar surface area (TPSA) is 67.7 Å². The fraction of sp³-hybridized carbons (Fsp3) is 0.375. The van der Waals surface area contributed by atoms with Gasteiger partial charge >= 0.3 is 0 Å². The zero-order valence-electron chi connectivity index (χ0n) is 19.0. The van der Waals surface area contributed by atoms with Crippen molar-refractivity contribution >= 4 is 33.2 Å². The molecule has 34 heavy (non-hydrogen) atoms. The molecular formula is C24H28Cl2N4O3S. The van der Waals surface area contributed by atoms with Crippen LogP contribution in [0.3, 0.4) is 0 Å². The summed E-state index contributed by atoms with van der Waals surface area (Å²) in [5.74, 6) is 0.642. The van der Waals surface area contributed by atoms with E-state index in [2.05, 4.69) is 9.88 Å². The average molecular weight is 523 g/mol. The lowest BCUT2D eigenvalue weighted by Gasteiger charge is -2.29. The molecule has 1 aliphatic heterocycles. The Bertz CT molecular complexity index is 1210. The van der Waals surface area contributed by atoms with Crippen LogP contribution in [0.1, 0.15) is 17.0 Å². The quantitative estimate of drug-likeness (QED) is 0.423. The van der Waals surface area contributed by atoms with E-state index in [1.165, 1.54) is 4.31 Å². The largest absolute Gasteiger partial charge is 0.379 e. The Morgan fingerprint density at radius 3 is 2.53 bits per heavy atom. The van der Waals surface area contributed by atoms with E-state index in [1.807, 2.05) is 35.9 Å². The molecule has 1 aromatic heterocycles. The first kappa shape index (κ1) is 25.2. The normalized spacial score (nSPS) is 15.2. The van der Waals surface area contributed by atoms with Crippen LogP contribution in [0, 0.1) is 6.92 Å². The molecule has 4 rings (SSSR count). The van der Waals surface area contributed by atoms with Crippen molar-refractivity contribution in [3.8, 4) is 0 Å². The number of rotatable bonds is 9. The Balaban J connectivity index is 1.58. The molecule has 0 bridgehead atoms. The first-order valence-electron chi connectivity index (χ1n) is 11.1.